The highest BCUT2D eigenvalue weighted by atomic mass is 16.5. The SMILES string of the molecule is CCCCCOc1nc(C)cc(C)c1C(=N)N. The summed E-state index contributed by atoms with van der Waals surface area (Å²) in [5, 5.41) is 7.56. The van der Waals surface area contributed by atoms with Gasteiger partial charge in [-0.3, -0.25) is 5.41 Å². The van der Waals surface area contributed by atoms with Crippen molar-refractivity contribution in [3.05, 3.63) is 22.9 Å². The lowest BCUT2D eigenvalue weighted by molar-refractivity contribution is 0.293. The van der Waals surface area contributed by atoms with Crippen LogP contribution in [0.25, 0.3) is 0 Å². The maximum absolute atomic E-state index is 7.56. The molecule has 0 atom stereocenters. The minimum Gasteiger partial charge on any atom is -0.477 e. The van der Waals surface area contributed by atoms with Gasteiger partial charge in [0, 0.05) is 5.69 Å². The van der Waals surface area contributed by atoms with Gasteiger partial charge in [-0.15, -0.1) is 0 Å². The topological polar surface area (TPSA) is 72.0 Å². The van der Waals surface area contributed by atoms with Crippen molar-refractivity contribution < 1.29 is 4.74 Å². The summed E-state index contributed by atoms with van der Waals surface area (Å²) in [5.74, 6) is 0.506. The van der Waals surface area contributed by atoms with E-state index in [0.717, 1.165) is 30.5 Å². The highest BCUT2D eigenvalue weighted by molar-refractivity contribution is 5.98. The third-order valence-corrected chi connectivity index (χ3v) is 2.57. The van der Waals surface area contributed by atoms with E-state index >= 15 is 0 Å². The Hall–Kier alpha value is -1.58. The van der Waals surface area contributed by atoms with E-state index in [1.165, 1.54) is 0 Å². The van der Waals surface area contributed by atoms with Gasteiger partial charge >= 0.3 is 0 Å². The van der Waals surface area contributed by atoms with Gasteiger partial charge < -0.3 is 10.5 Å². The molecule has 0 aliphatic carbocycles. The van der Waals surface area contributed by atoms with Crippen molar-refractivity contribution in [2.75, 3.05) is 6.61 Å². The van der Waals surface area contributed by atoms with Gasteiger partial charge in [0.1, 0.15) is 5.84 Å². The minimum absolute atomic E-state index is 0.0143. The normalized spacial score (nSPS) is 10.3. The predicted octanol–water partition coefficient (Wildman–Crippen LogP) is 2.55. The second-order valence-electron chi connectivity index (χ2n) is 4.23. The monoisotopic (exact) mass is 235 g/mol. The van der Waals surface area contributed by atoms with Crippen molar-refractivity contribution in [1.29, 1.82) is 5.41 Å². The quantitative estimate of drug-likeness (QED) is 0.452. The number of nitrogens with two attached hydrogens (primary N) is 1. The van der Waals surface area contributed by atoms with Gasteiger partial charge in [-0.1, -0.05) is 19.8 Å². The van der Waals surface area contributed by atoms with E-state index in [9.17, 15) is 0 Å². The Morgan fingerprint density at radius 2 is 2.12 bits per heavy atom. The molecule has 94 valence electrons. The number of rotatable bonds is 6. The van der Waals surface area contributed by atoms with E-state index in [4.69, 9.17) is 15.9 Å². The zero-order chi connectivity index (χ0) is 12.8. The summed E-state index contributed by atoms with van der Waals surface area (Å²) in [7, 11) is 0. The molecule has 0 saturated heterocycles. The van der Waals surface area contributed by atoms with E-state index in [-0.39, 0.29) is 5.84 Å². The minimum atomic E-state index is 0.0143. The number of pyridine rings is 1. The smallest absolute Gasteiger partial charge is 0.224 e. The van der Waals surface area contributed by atoms with Crippen LogP contribution in [0, 0.1) is 19.3 Å². The molecule has 0 unspecified atom stereocenters. The zero-order valence-corrected chi connectivity index (χ0v) is 10.8. The highest BCUT2D eigenvalue weighted by Crippen LogP contribution is 2.20. The average molecular weight is 235 g/mol. The molecule has 17 heavy (non-hydrogen) atoms. The van der Waals surface area contributed by atoms with Crippen LogP contribution in [0.3, 0.4) is 0 Å². The molecule has 0 fully saturated rings. The molecule has 1 heterocycles. The van der Waals surface area contributed by atoms with Gasteiger partial charge in [0.05, 0.1) is 12.2 Å². The molecule has 0 amide bonds. The molecule has 0 radical (unpaired) electrons. The van der Waals surface area contributed by atoms with Crippen LogP contribution in [0.2, 0.25) is 0 Å². The number of amidine groups is 1. The molecule has 4 nitrogen and oxygen atoms in total. The molecular formula is C13H21N3O. The summed E-state index contributed by atoms with van der Waals surface area (Å²) in [4.78, 5) is 4.31. The van der Waals surface area contributed by atoms with Gasteiger partial charge in [-0.25, -0.2) is 4.98 Å². The van der Waals surface area contributed by atoms with Gasteiger partial charge in [-0.2, -0.15) is 0 Å². The van der Waals surface area contributed by atoms with Crippen molar-refractivity contribution in [2.24, 2.45) is 5.73 Å². The van der Waals surface area contributed by atoms with Crippen LogP contribution in [0.1, 0.15) is 43.0 Å². The number of nitrogens with one attached hydrogen (secondary N) is 1. The molecule has 4 heteroatoms. The first-order valence-corrected chi connectivity index (χ1v) is 6.01. The summed E-state index contributed by atoms with van der Waals surface area (Å²) >= 11 is 0. The number of ether oxygens (including phenoxy) is 1. The van der Waals surface area contributed by atoms with E-state index in [0.29, 0.717) is 18.1 Å². The number of aryl methyl sites for hydroxylation is 2. The lowest BCUT2D eigenvalue weighted by Crippen LogP contribution is -2.16. The summed E-state index contributed by atoms with van der Waals surface area (Å²) in [6, 6.07) is 1.91. The molecule has 0 aliphatic rings. The maximum atomic E-state index is 7.56. The fourth-order valence-corrected chi connectivity index (χ4v) is 1.76. The first-order chi connectivity index (χ1) is 8.06. The molecule has 3 N–H and O–H groups in total. The predicted molar refractivity (Wildman–Crippen MR) is 69.7 cm³/mol. The second-order valence-corrected chi connectivity index (χ2v) is 4.23. The molecule has 1 aromatic rings. The lowest BCUT2D eigenvalue weighted by atomic mass is 10.1. The van der Waals surface area contributed by atoms with Gasteiger partial charge in [0.25, 0.3) is 0 Å². The number of hydrogen-bond donors (Lipinski definition) is 2. The zero-order valence-electron chi connectivity index (χ0n) is 10.8. The Bertz CT molecular complexity index is 402. The second kappa shape index (κ2) is 6.23. The molecule has 0 aliphatic heterocycles. The number of nitrogens with zero attached hydrogens (tertiary/aromatic N) is 1. The van der Waals surface area contributed by atoms with Crippen molar-refractivity contribution in [1.82, 2.24) is 4.98 Å². The Kier molecular flexibility index (Phi) is 4.94. The number of hydrogen-bond acceptors (Lipinski definition) is 3. The van der Waals surface area contributed by atoms with Crippen LogP contribution in [0.5, 0.6) is 5.88 Å². The van der Waals surface area contributed by atoms with Gasteiger partial charge in [-0.05, 0) is 31.9 Å². The van der Waals surface area contributed by atoms with Crippen LogP contribution < -0.4 is 10.5 Å². The number of nitrogen functional groups attached to an aromatic ring is 1. The third-order valence-electron chi connectivity index (χ3n) is 2.57. The molecule has 0 saturated carbocycles. The lowest BCUT2D eigenvalue weighted by Gasteiger charge is -2.12. The largest absolute Gasteiger partial charge is 0.477 e. The molecule has 1 rings (SSSR count). The molecule has 0 bridgehead atoms. The molecular weight excluding hydrogens is 214 g/mol. The van der Waals surface area contributed by atoms with Crippen LogP contribution in [-0.2, 0) is 0 Å². The first kappa shape index (κ1) is 13.5. The Morgan fingerprint density at radius 1 is 1.41 bits per heavy atom. The molecule has 1 aromatic heterocycles. The van der Waals surface area contributed by atoms with Crippen LogP contribution in [0.15, 0.2) is 6.07 Å². The van der Waals surface area contributed by atoms with E-state index in [2.05, 4.69) is 11.9 Å². The molecule has 0 spiro atoms. The fourth-order valence-electron chi connectivity index (χ4n) is 1.76. The highest BCUT2D eigenvalue weighted by Gasteiger charge is 2.12. The number of unbranched alkanes of at least 4 members (excludes halogenated alkanes) is 2. The third kappa shape index (κ3) is 3.73. The van der Waals surface area contributed by atoms with E-state index in [1.54, 1.807) is 0 Å². The van der Waals surface area contributed by atoms with Crippen molar-refractivity contribution in [2.45, 2.75) is 40.0 Å². The van der Waals surface area contributed by atoms with Crippen molar-refractivity contribution in [3.63, 3.8) is 0 Å². The summed E-state index contributed by atoms with van der Waals surface area (Å²) in [5.41, 5.74) is 8.00. The maximum Gasteiger partial charge on any atom is 0.224 e. The standard InChI is InChI=1S/C13H21N3O/c1-4-5-6-7-17-13-11(12(14)15)9(2)8-10(3)16-13/h8H,4-7H2,1-3H3,(H3,14,15). The Balaban J connectivity index is 2.85. The summed E-state index contributed by atoms with van der Waals surface area (Å²) < 4.78 is 5.63. The summed E-state index contributed by atoms with van der Waals surface area (Å²) in [6.07, 6.45) is 3.30. The molecule has 0 aromatic carbocycles. The van der Waals surface area contributed by atoms with E-state index in [1.807, 2.05) is 19.9 Å². The van der Waals surface area contributed by atoms with Crippen LogP contribution in [0.4, 0.5) is 0 Å². The Morgan fingerprint density at radius 3 is 2.71 bits per heavy atom. The number of aromatic nitrogens is 1. The fraction of sp³-hybridized carbons (Fsp3) is 0.538. The van der Waals surface area contributed by atoms with E-state index < -0.39 is 0 Å². The van der Waals surface area contributed by atoms with Crippen molar-refractivity contribution in [3.8, 4) is 5.88 Å². The van der Waals surface area contributed by atoms with Gasteiger partial charge in [0.2, 0.25) is 5.88 Å². The first-order valence-electron chi connectivity index (χ1n) is 6.01. The van der Waals surface area contributed by atoms with Gasteiger partial charge in [0.15, 0.2) is 0 Å². The Labute approximate surface area is 103 Å². The van der Waals surface area contributed by atoms with Crippen LogP contribution in [-0.4, -0.2) is 17.4 Å². The average Bonchev–Trinajstić information content (AvgIpc) is 2.22. The van der Waals surface area contributed by atoms with Crippen molar-refractivity contribution >= 4 is 5.84 Å². The summed E-state index contributed by atoms with van der Waals surface area (Å²) in [6.45, 7) is 6.61. The van der Waals surface area contributed by atoms with Crippen LogP contribution >= 0.6 is 0 Å².